The van der Waals surface area contributed by atoms with Crippen LogP contribution in [0.1, 0.15) is 31.8 Å². The van der Waals surface area contributed by atoms with Gasteiger partial charge < -0.3 is 19.7 Å². The molecule has 2 unspecified atom stereocenters. The van der Waals surface area contributed by atoms with Crippen LogP contribution in [0, 0.1) is 12.8 Å². The van der Waals surface area contributed by atoms with E-state index in [0.717, 1.165) is 0 Å². The number of nitrogens with zero attached hydrogens (tertiary/aromatic N) is 1. The van der Waals surface area contributed by atoms with Crippen LogP contribution in [-0.2, 0) is 15.2 Å². The van der Waals surface area contributed by atoms with Crippen LogP contribution in [0.25, 0.3) is 0 Å². The molecule has 1 fully saturated rings. The Kier molecular flexibility index (Phi) is 4.37. The topological polar surface area (TPSA) is 82.8 Å². The Bertz CT molecular complexity index is 536. The van der Waals surface area contributed by atoms with Gasteiger partial charge in [-0.1, -0.05) is 0 Å². The Morgan fingerprint density at radius 1 is 1.52 bits per heavy atom. The highest BCUT2D eigenvalue weighted by atomic mass is 16.4. The van der Waals surface area contributed by atoms with Gasteiger partial charge in [0, 0.05) is 20.0 Å². The second-order valence-electron chi connectivity index (χ2n) is 5.85. The quantitative estimate of drug-likeness (QED) is 0.859. The van der Waals surface area contributed by atoms with E-state index in [2.05, 4.69) is 5.32 Å². The van der Waals surface area contributed by atoms with Crippen molar-refractivity contribution in [3.8, 4) is 0 Å². The first-order chi connectivity index (χ1) is 9.79. The first-order valence-corrected chi connectivity index (χ1v) is 7.12. The number of furan rings is 1. The number of likely N-dealkylation sites (tertiary alicyclic amines) is 1. The van der Waals surface area contributed by atoms with Gasteiger partial charge in [-0.05, 0) is 32.4 Å². The summed E-state index contributed by atoms with van der Waals surface area (Å²) < 4.78 is 5.40. The van der Waals surface area contributed by atoms with Crippen LogP contribution >= 0.6 is 0 Å². The van der Waals surface area contributed by atoms with Gasteiger partial charge in [-0.3, -0.25) is 9.59 Å². The molecule has 1 aliphatic heterocycles. The predicted molar refractivity (Wildman–Crippen MR) is 76.4 cm³/mol. The molecule has 2 amide bonds. The average Bonchev–Trinajstić information content (AvgIpc) is 3.04. The number of hydrogen-bond acceptors (Lipinski definition) is 4. The molecule has 1 aromatic heterocycles. The molecule has 1 aliphatic rings. The van der Waals surface area contributed by atoms with Crippen molar-refractivity contribution >= 4 is 11.8 Å². The molecule has 6 heteroatoms. The van der Waals surface area contributed by atoms with E-state index in [1.54, 1.807) is 30.9 Å². The van der Waals surface area contributed by atoms with E-state index in [4.69, 9.17) is 4.42 Å². The van der Waals surface area contributed by atoms with Crippen molar-refractivity contribution in [3.05, 3.63) is 23.7 Å². The van der Waals surface area contributed by atoms with Gasteiger partial charge in [-0.15, -0.1) is 0 Å². The molecule has 0 radical (unpaired) electrons. The van der Waals surface area contributed by atoms with E-state index in [1.807, 2.05) is 0 Å². The molecule has 21 heavy (non-hydrogen) atoms. The SMILES string of the molecule is CC(=O)N1CCC(C(=O)NCC(C)(O)c2ccc(C)o2)C1. The maximum Gasteiger partial charge on any atom is 0.225 e. The molecular formula is C15H22N2O4. The summed E-state index contributed by atoms with van der Waals surface area (Å²) in [7, 11) is 0. The maximum atomic E-state index is 12.1. The summed E-state index contributed by atoms with van der Waals surface area (Å²) in [4.78, 5) is 25.0. The van der Waals surface area contributed by atoms with Gasteiger partial charge in [0.25, 0.3) is 0 Å². The fourth-order valence-corrected chi connectivity index (χ4v) is 2.47. The van der Waals surface area contributed by atoms with Crippen molar-refractivity contribution in [2.45, 2.75) is 32.8 Å². The fraction of sp³-hybridized carbons (Fsp3) is 0.600. The van der Waals surface area contributed by atoms with Gasteiger partial charge in [0.05, 0.1) is 12.5 Å². The number of amides is 2. The minimum atomic E-state index is -1.25. The van der Waals surface area contributed by atoms with Gasteiger partial charge in [-0.2, -0.15) is 0 Å². The summed E-state index contributed by atoms with van der Waals surface area (Å²) in [5.74, 6) is 0.787. The van der Waals surface area contributed by atoms with E-state index in [-0.39, 0.29) is 24.3 Å². The monoisotopic (exact) mass is 294 g/mol. The largest absolute Gasteiger partial charge is 0.463 e. The van der Waals surface area contributed by atoms with Crippen molar-refractivity contribution in [1.82, 2.24) is 10.2 Å². The zero-order valence-corrected chi connectivity index (χ0v) is 12.7. The van der Waals surface area contributed by atoms with Crippen LogP contribution in [0.5, 0.6) is 0 Å². The Labute approximate surface area is 124 Å². The lowest BCUT2D eigenvalue weighted by Gasteiger charge is -2.22. The number of carbonyl (C=O) groups is 2. The van der Waals surface area contributed by atoms with Gasteiger partial charge in [0.1, 0.15) is 17.1 Å². The van der Waals surface area contributed by atoms with E-state index < -0.39 is 5.60 Å². The van der Waals surface area contributed by atoms with Gasteiger partial charge in [0.15, 0.2) is 0 Å². The normalized spacial score (nSPS) is 21.1. The van der Waals surface area contributed by atoms with Crippen LogP contribution in [0.15, 0.2) is 16.5 Å². The highest BCUT2D eigenvalue weighted by molar-refractivity contribution is 5.81. The summed E-state index contributed by atoms with van der Waals surface area (Å²) in [5, 5.41) is 13.1. The van der Waals surface area contributed by atoms with Crippen molar-refractivity contribution < 1.29 is 19.1 Å². The first-order valence-electron chi connectivity index (χ1n) is 7.12. The Hall–Kier alpha value is -1.82. The highest BCUT2D eigenvalue weighted by Gasteiger charge is 2.32. The Morgan fingerprint density at radius 3 is 2.76 bits per heavy atom. The molecule has 0 spiro atoms. The summed E-state index contributed by atoms with van der Waals surface area (Å²) in [6.45, 7) is 6.04. The lowest BCUT2D eigenvalue weighted by Crippen LogP contribution is -2.41. The van der Waals surface area contributed by atoms with Crippen LogP contribution < -0.4 is 5.32 Å². The number of aryl methyl sites for hydroxylation is 1. The third-order valence-corrected chi connectivity index (χ3v) is 3.88. The molecule has 0 bridgehead atoms. The zero-order chi connectivity index (χ0) is 15.6. The number of rotatable bonds is 4. The summed E-state index contributed by atoms with van der Waals surface area (Å²) in [5.41, 5.74) is -1.25. The number of hydrogen-bond donors (Lipinski definition) is 2. The van der Waals surface area contributed by atoms with Crippen LogP contribution in [0.4, 0.5) is 0 Å². The first kappa shape index (κ1) is 15.6. The highest BCUT2D eigenvalue weighted by Crippen LogP contribution is 2.22. The lowest BCUT2D eigenvalue weighted by molar-refractivity contribution is -0.129. The van der Waals surface area contributed by atoms with Gasteiger partial charge >= 0.3 is 0 Å². The van der Waals surface area contributed by atoms with E-state index in [9.17, 15) is 14.7 Å². The van der Waals surface area contributed by atoms with E-state index >= 15 is 0 Å². The molecule has 2 heterocycles. The van der Waals surface area contributed by atoms with Gasteiger partial charge in [-0.25, -0.2) is 0 Å². The number of carbonyl (C=O) groups excluding carboxylic acids is 2. The summed E-state index contributed by atoms with van der Waals surface area (Å²) >= 11 is 0. The molecule has 0 aliphatic carbocycles. The van der Waals surface area contributed by atoms with Crippen LogP contribution in [-0.4, -0.2) is 41.5 Å². The standard InChI is InChI=1S/C15H22N2O4/c1-10-4-5-13(21-10)15(3,20)9-16-14(19)12-6-7-17(8-12)11(2)18/h4-5,12,20H,6-9H2,1-3H3,(H,16,19). The molecule has 116 valence electrons. The third kappa shape index (κ3) is 3.64. The van der Waals surface area contributed by atoms with Crippen molar-refractivity contribution in [2.24, 2.45) is 5.92 Å². The van der Waals surface area contributed by atoms with E-state index in [1.165, 1.54) is 6.92 Å². The van der Waals surface area contributed by atoms with Crippen LogP contribution in [0.2, 0.25) is 0 Å². The van der Waals surface area contributed by atoms with Gasteiger partial charge in [0.2, 0.25) is 11.8 Å². The zero-order valence-electron chi connectivity index (χ0n) is 12.7. The molecule has 0 saturated carbocycles. The molecule has 2 atom stereocenters. The molecule has 1 aromatic rings. The molecule has 1 saturated heterocycles. The van der Waals surface area contributed by atoms with E-state index in [0.29, 0.717) is 31.0 Å². The molecule has 2 N–H and O–H groups in total. The summed E-state index contributed by atoms with van der Waals surface area (Å²) in [6, 6.07) is 3.47. The predicted octanol–water partition coefficient (Wildman–Crippen LogP) is 0.780. The second kappa shape index (κ2) is 5.89. The maximum absolute atomic E-state index is 12.1. The molecular weight excluding hydrogens is 272 g/mol. The Balaban J connectivity index is 1.88. The number of nitrogens with one attached hydrogen (secondary N) is 1. The second-order valence-corrected chi connectivity index (χ2v) is 5.85. The third-order valence-electron chi connectivity index (χ3n) is 3.88. The minimum Gasteiger partial charge on any atom is -0.463 e. The van der Waals surface area contributed by atoms with Crippen LogP contribution in [0.3, 0.4) is 0 Å². The van der Waals surface area contributed by atoms with Crippen molar-refractivity contribution in [3.63, 3.8) is 0 Å². The van der Waals surface area contributed by atoms with Crippen molar-refractivity contribution in [1.29, 1.82) is 0 Å². The minimum absolute atomic E-state index is 0.0108. The summed E-state index contributed by atoms with van der Waals surface area (Å²) in [6.07, 6.45) is 0.660. The Morgan fingerprint density at radius 2 is 2.24 bits per heavy atom. The molecule has 0 aromatic carbocycles. The van der Waals surface area contributed by atoms with Crippen molar-refractivity contribution in [2.75, 3.05) is 19.6 Å². The smallest absolute Gasteiger partial charge is 0.225 e. The lowest BCUT2D eigenvalue weighted by atomic mass is 10.0. The molecule has 6 nitrogen and oxygen atoms in total. The fourth-order valence-electron chi connectivity index (χ4n) is 2.47. The average molecular weight is 294 g/mol. The molecule has 2 rings (SSSR count). The number of aliphatic hydroxyl groups is 1.